The van der Waals surface area contributed by atoms with Gasteiger partial charge in [-0.05, 0) is 26.2 Å². The van der Waals surface area contributed by atoms with Crippen LogP contribution in [0, 0.1) is 6.92 Å². The van der Waals surface area contributed by atoms with Gasteiger partial charge in [0.25, 0.3) is 5.91 Å². The van der Waals surface area contributed by atoms with Gasteiger partial charge in [0.2, 0.25) is 5.95 Å². The molecule has 1 aliphatic rings. The Balaban J connectivity index is 1.51. The molecule has 1 amide bonds. The molecule has 8 heteroatoms. The zero-order valence-corrected chi connectivity index (χ0v) is 14.4. The number of carbonyl (C=O) groups excluding carboxylic acids is 1. The first-order valence-corrected chi connectivity index (χ1v) is 8.61. The number of nitrogens with zero attached hydrogens (tertiary/aromatic N) is 5. The van der Waals surface area contributed by atoms with E-state index < -0.39 is 0 Å². The van der Waals surface area contributed by atoms with Crippen LogP contribution in [0.2, 0.25) is 0 Å². The second-order valence-corrected chi connectivity index (χ2v) is 6.01. The lowest BCUT2D eigenvalue weighted by molar-refractivity contribution is 0.0950. The number of amides is 1. The van der Waals surface area contributed by atoms with Crippen LogP contribution in [0.3, 0.4) is 0 Å². The van der Waals surface area contributed by atoms with Gasteiger partial charge in [0.15, 0.2) is 0 Å². The molecule has 0 saturated carbocycles. The Bertz CT molecular complexity index is 701. The smallest absolute Gasteiger partial charge is 0.271 e. The quantitative estimate of drug-likeness (QED) is 0.767. The molecule has 25 heavy (non-hydrogen) atoms. The molecule has 3 heterocycles. The molecule has 8 nitrogen and oxygen atoms in total. The van der Waals surface area contributed by atoms with Crippen LogP contribution < -0.4 is 15.5 Å². The highest BCUT2D eigenvalue weighted by Crippen LogP contribution is 2.19. The molecule has 132 valence electrons. The highest BCUT2D eigenvalue weighted by Gasteiger charge is 2.13. The first kappa shape index (κ1) is 17.1. The average Bonchev–Trinajstić information content (AvgIpc) is 2.66. The maximum absolute atomic E-state index is 11.9. The van der Waals surface area contributed by atoms with Crippen molar-refractivity contribution in [2.24, 2.45) is 0 Å². The van der Waals surface area contributed by atoms with E-state index in [1.165, 1.54) is 37.9 Å². The van der Waals surface area contributed by atoms with Gasteiger partial charge < -0.3 is 15.5 Å². The summed E-state index contributed by atoms with van der Waals surface area (Å²) in [7, 11) is 0. The molecule has 2 aromatic rings. The molecule has 3 rings (SSSR count). The highest BCUT2D eigenvalue weighted by atomic mass is 16.1. The van der Waals surface area contributed by atoms with Gasteiger partial charge in [-0.3, -0.25) is 9.78 Å². The fourth-order valence-corrected chi connectivity index (χ4v) is 2.77. The van der Waals surface area contributed by atoms with Crippen LogP contribution >= 0.6 is 0 Å². The van der Waals surface area contributed by atoms with E-state index in [1.54, 1.807) is 0 Å². The summed E-state index contributed by atoms with van der Waals surface area (Å²) in [5.41, 5.74) is 1.24. The predicted octanol–water partition coefficient (Wildman–Crippen LogP) is 1.41. The Morgan fingerprint density at radius 1 is 1.16 bits per heavy atom. The van der Waals surface area contributed by atoms with Crippen LogP contribution in [0.4, 0.5) is 11.8 Å². The number of piperidine rings is 1. The van der Waals surface area contributed by atoms with Crippen LogP contribution in [-0.2, 0) is 0 Å². The van der Waals surface area contributed by atoms with Crippen molar-refractivity contribution in [2.45, 2.75) is 26.2 Å². The van der Waals surface area contributed by atoms with E-state index in [-0.39, 0.29) is 5.91 Å². The summed E-state index contributed by atoms with van der Waals surface area (Å²) in [5.74, 6) is 1.32. The van der Waals surface area contributed by atoms with E-state index in [9.17, 15) is 4.79 Å². The van der Waals surface area contributed by atoms with Crippen LogP contribution in [0.1, 0.15) is 35.4 Å². The number of aromatic nitrogens is 4. The van der Waals surface area contributed by atoms with Gasteiger partial charge in [0, 0.05) is 50.3 Å². The molecule has 0 unspecified atom stereocenters. The van der Waals surface area contributed by atoms with E-state index >= 15 is 0 Å². The SMILES string of the molecule is Cc1cc(N2CCCCC2)nc(NCCNC(=O)c2cnccn2)n1. The average molecular weight is 341 g/mol. The summed E-state index contributed by atoms with van der Waals surface area (Å²) >= 11 is 0. The van der Waals surface area contributed by atoms with Crippen molar-refractivity contribution in [2.75, 3.05) is 36.4 Å². The number of anilines is 2. The van der Waals surface area contributed by atoms with Crippen LogP contribution in [0.15, 0.2) is 24.7 Å². The van der Waals surface area contributed by atoms with E-state index in [1.807, 2.05) is 13.0 Å². The largest absolute Gasteiger partial charge is 0.356 e. The topological polar surface area (TPSA) is 95.9 Å². The maximum Gasteiger partial charge on any atom is 0.271 e. The third kappa shape index (κ3) is 4.85. The first-order valence-electron chi connectivity index (χ1n) is 8.61. The van der Waals surface area contributed by atoms with E-state index in [0.717, 1.165) is 24.6 Å². The number of carbonyl (C=O) groups is 1. The number of hydrogen-bond donors (Lipinski definition) is 2. The minimum absolute atomic E-state index is 0.242. The van der Waals surface area contributed by atoms with E-state index in [0.29, 0.717) is 24.7 Å². The van der Waals surface area contributed by atoms with E-state index in [4.69, 9.17) is 0 Å². The van der Waals surface area contributed by atoms with Gasteiger partial charge in [0.1, 0.15) is 11.5 Å². The summed E-state index contributed by atoms with van der Waals surface area (Å²) in [4.78, 5) is 31.1. The number of nitrogens with one attached hydrogen (secondary N) is 2. The molecule has 1 fully saturated rings. The zero-order valence-electron chi connectivity index (χ0n) is 14.4. The normalized spacial score (nSPS) is 14.2. The van der Waals surface area contributed by atoms with Gasteiger partial charge in [-0.2, -0.15) is 4.98 Å². The monoisotopic (exact) mass is 341 g/mol. The van der Waals surface area contributed by atoms with Crippen molar-refractivity contribution in [3.63, 3.8) is 0 Å². The lowest BCUT2D eigenvalue weighted by atomic mass is 10.1. The second-order valence-electron chi connectivity index (χ2n) is 6.01. The van der Waals surface area contributed by atoms with Gasteiger partial charge in [-0.1, -0.05) is 0 Å². The minimum atomic E-state index is -0.242. The Labute approximate surface area is 147 Å². The lowest BCUT2D eigenvalue weighted by Gasteiger charge is -2.28. The molecule has 0 atom stereocenters. The molecule has 0 aliphatic carbocycles. The molecule has 2 N–H and O–H groups in total. The van der Waals surface area contributed by atoms with Gasteiger partial charge >= 0.3 is 0 Å². The number of rotatable bonds is 6. The predicted molar refractivity (Wildman–Crippen MR) is 95.7 cm³/mol. The third-order valence-electron chi connectivity index (χ3n) is 4.01. The van der Waals surface area contributed by atoms with Crippen molar-refractivity contribution >= 4 is 17.7 Å². The Kier molecular flexibility index (Phi) is 5.71. The maximum atomic E-state index is 11.9. The van der Waals surface area contributed by atoms with Gasteiger partial charge in [-0.25, -0.2) is 9.97 Å². The summed E-state index contributed by atoms with van der Waals surface area (Å²) < 4.78 is 0. The first-order chi connectivity index (χ1) is 12.2. The van der Waals surface area contributed by atoms with Crippen LogP contribution in [0.25, 0.3) is 0 Å². The summed E-state index contributed by atoms with van der Waals surface area (Å²) in [6.45, 7) is 5.05. The van der Waals surface area contributed by atoms with Crippen molar-refractivity contribution in [1.82, 2.24) is 25.3 Å². The van der Waals surface area contributed by atoms with Gasteiger partial charge in [0.05, 0.1) is 6.20 Å². The van der Waals surface area contributed by atoms with Crippen molar-refractivity contribution < 1.29 is 4.79 Å². The zero-order chi connectivity index (χ0) is 17.5. The summed E-state index contributed by atoms with van der Waals surface area (Å²) in [6, 6.07) is 2.02. The second kappa shape index (κ2) is 8.36. The van der Waals surface area contributed by atoms with Gasteiger partial charge in [-0.15, -0.1) is 0 Å². The molecular weight excluding hydrogens is 318 g/mol. The Hall–Kier alpha value is -2.77. The third-order valence-corrected chi connectivity index (χ3v) is 4.01. The van der Waals surface area contributed by atoms with E-state index in [2.05, 4.69) is 35.5 Å². The molecule has 0 spiro atoms. The fraction of sp³-hybridized carbons (Fsp3) is 0.471. The van der Waals surface area contributed by atoms with Crippen molar-refractivity contribution in [1.29, 1.82) is 0 Å². The standard InChI is InChI=1S/C17H23N7O/c1-13-11-15(24-9-3-2-4-10-24)23-17(22-13)21-8-7-20-16(25)14-12-18-5-6-19-14/h5-6,11-12H,2-4,7-10H2,1H3,(H,20,25)(H,21,22,23). The highest BCUT2D eigenvalue weighted by molar-refractivity contribution is 5.91. The van der Waals surface area contributed by atoms with Crippen molar-refractivity contribution in [3.05, 3.63) is 36.0 Å². The molecule has 1 saturated heterocycles. The fourth-order valence-electron chi connectivity index (χ4n) is 2.77. The van der Waals surface area contributed by atoms with Crippen molar-refractivity contribution in [3.8, 4) is 0 Å². The Morgan fingerprint density at radius 2 is 2.00 bits per heavy atom. The summed E-state index contributed by atoms with van der Waals surface area (Å²) in [5, 5.41) is 5.96. The Morgan fingerprint density at radius 3 is 2.76 bits per heavy atom. The number of aryl methyl sites for hydroxylation is 1. The lowest BCUT2D eigenvalue weighted by Crippen LogP contribution is -2.31. The number of hydrogen-bond acceptors (Lipinski definition) is 7. The van der Waals surface area contributed by atoms with Crippen LogP contribution in [-0.4, -0.2) is 52.0 Å². The molecule has 0 bridgehead atoms. The molecular formula is C17H23N7O. The molecule has 2 aromatic heterocycles. The minimum Gasteiger partial charge on any atom is -0.356 e. The van der Waals surface area contributed by atoms with Crippen LogP contribution in [0.5, 0.6) is 0 Å². The molecule has 0 radical (unpaired) electrons. The molecule has 0 aromatic carbocycles. The molecule has 1 aliphatic heterocycles. The summed E-state index contributed by atoms with van der Waals surface area (Å²) in [6.07, 6.45) is 8.18.